The largest absolute Gasteiger partial charge is 0.493 e. The number of aryl methyl sites for hydroxylation is 1. The van der Waals surface area contributed by atoms with E-state index in [2.05, 4.69) is 13.8 Å². The Hall–Kier alpha value is -0.730. The number of halogens is 1. The Kier molecular flexibility index (Phi) is 4.92. The molecule has 0 aliphatic carbocycles. The summed E-state index contributed by atoms with van der Waals surface area (Å²) in [6, 6.07) is 5.76. The van der Waals surface area contributed by atoms with Gasteiger partial charge >= 0.3 is 0 Å². The lowest BCUT2D eigenvalue weighted by Crippen LogP contribution is -2.18. The third kappa shape index (κ3) is 3.73. The predicted molar refractivity (Wildman–Crippen MR) is 64.5 cm³/mol. The molecule has 0 saturated carbocycles. The maximum atomic E-state index is 6.01. The molecule has 84 valence electrons. The topological polar surface area (TPSA) is 35.2 Å². The van der Waals surface area contributed by atoms with Crippen LogP contribution in [0.3, 0.4) is 0 Å². The molecule has 15 heavy (non-hydrogen) atoms. The van der Waals surface area contributed by atoms with Crippen molar-refractivity contribution in [3.63, 3.8) is 0 Å². The Balaban J connectivity index is 2.62. The molecule has 0 aliphatic heterocycles. The van der Waals surface area contributed by atoms with Gasteiger partial charge in [-0.25, -0.2) is 0 Å². The number of benzene rings is 1. The zero-order valence-electron chi connectivity index (χ0n) is 9.29. The second-order valence-corrected chi connectivity index (χ2v) is 4.17. The van der Waals surface area contributed by atoms with E-state index in [1.54, 1.807) is 0 Å². The number of rotatable bonds is 5. The molecular weight excluding hydrogens is 210 g/mol. The molecule has 2 N–H and O–H groups in total. The second-order valence-electron chi connectivity index (χ2n) is 3.76. The first-order valence-electron chi connectivity index (χ1n) is 5.28. The third-order valence-electron chi connectivity index (χ3n) is 2.33. The molecule has 0 saturated heterocycles. The molecular formula is C12H18ClNO. The van der Waals surface area contributed by atoms with E-state index in [9.17, 15) is 0 Å². The average Bonchev–Trinajstić information content (AvgIpc) is 2.27. The average molecular weight is 228 g/mol. The van der Waals surface area contributed by atoms with Crippen molar-refractivity contribution < 1.29 is 4.74 Å². The van der Waals surface area contributed by atoms with Crippen LogP contribution in [-0.4, -0.2) is 13.2 Å². The van der Waals surface area contributed by atoms with E-state index in [1.165, 1.54) is 0 Å². The Labute approximate surface area is 96.4 Å². The maximum Gasteiger partial charge on any atom is 0.119 e. The molecule has 0 spiro atoms. The van der Waals surface area contributed by atoms with Gasteiger partial charge < -0.3 is 10.5 Å². The van der Waals surface area contributed by atoms with Crippen LogP contribution in [0.4, 0.5) is 0 Å². The van der Waals surface area contributed by atoms with Crippen LogP contribution < -0.4 is 10.5 Å². The van der Waals surface area contributed by atoms with Crippen LogP contribution in [-0.2, 0) is 6.42 Å². The van der Waals surface area contributed by atoms with E-state index in [0.717, 1.165) is 22.8 Å². The quantitative estimate of drug-likeness (QED) is 0.840. The van der Waals surface area contributed by atoms with Crippen molar-refractivity contribution in [2.24, 2.45) is 11.7 Å². The Morgan fingerprint density at radius 3 is 2.80 bits per heavy atom. The van der Waals surface area contributed by atoms with Gasteiger partial charge in [0.1, 0.15) is 5.75 Å². The molecule has 0 aliphatic rings. The van der Waals surface area contributed by atoms with Crippen LogP contribution in [0.5, 0.6) is 5.75 Å². The van der Waals surface area contributed by atoms with Gasteiger partial charge in [-0.3, -0.25) is 0 Å². The van der Waals surface area contributed by atoms with Crippen LogP contribution >= 0.6 is 11.6 Å². The summed E-state index contributed by atoms with van der Waals surface area (Å²) in [6.07, 6.45) is 0.919. The minimum atomic E-state index is 0.380. The summed E-state index contributed by atoms with van der Waals surface area (Å²) in [6.45, 7) is 5.44. The van der Waals surface area contributed by atoms with Crippen molar-refractivity contribution in [1.29, 1.82) is 0 Å². The molecule has 0 amide bonds. The number of nitrogens with two attached hydrogens (primary N) is 1. The fraction of sp³-hybridized carbons (Fsp3) is 0.500. The summed E-state index contributed by atoms with van der Waals surface area (Å²) < 4.78 is 5.62. The SMILES string of the molecule is CCc1cc(OCC(C)CN)ccc1Cl. The lowest BCUT2D eigenvalue weighted by molar-refractivity contribution is 0.264. The van der Waals surface area contributed by atoms with Gasteiger partial charge in [-0.05, 0) is 36.7 Å². The molecule has 0 fully saturated rings. The van der Waals surface area contributed by atoms with E-state index in [4.69, 9.17) is 22.1 Å². The highest BCUT2D eigenvalue weighted by Gasteiger charge is 2.03. The van der Waals surface area contributed by atoms with Crippen LogP contribution in [0.1, 0.15) is 19.4 Å². The summed E-state index contributed by atoms with van der Waals surface area (Å²) in [4.78, 5) is 0. The monoisotopic (exact) mass is 227 g/mol. The normalized spacial score (nSPS) is 12.5. The first-order chi connectivity index (χ1) is 7.17. The van der Waals surface area contributed by atoms with Crippen molar-refractivity contribution in [2.75, 3.05) is 13.2 Å². The predicted octanol–water partition coefficient (Wildman–Crippen LogP) is 2.88. The van der Waals surface area contributed by atoms with Gasteiger partial charge in [0, 0.05) is 10.9 Å². The molecule has 0 aromatic heterocycles. The smallest absolute Gasteiger partial charge is 0.119 e. The first-order valence-corrected chi connectivity index (χ1v) is 5.66. The van der Waals surface area contributed by atoms with Crippen molar-refractivity contribution in [1.82, 2.24) is 0 Å². The van der Waals surface area contributed by atoms with Crippen molar-refractivity contribution in [2.45, 2.75) is 20.3 Å². The molecule has 1 atom stereocenters. The Morgan fingerprint density at radius 1 is 1.47 bits per heavy atom. The molecule has 1 aromatic rings. The Bertz CT molecular complexity index is 314. The standard InChI is InChI=1S/C12H18ClNO/c1-3-10-6-11(4-5-12(10)13)15-8-9(2)7-14/h4-6,9H,3,7-8,14H2,1-2H3. The molecule has 0 bridgehead atoms. The molecule has 0 heterocycles. The number of hydrogen-bond acceptors (Lipinski definition) is 2. The van der Waals surface area contributed by atoms with Crippen molar-refractivity contribution in [3.8, 4) is 5.75 Å². The van der Waals surface area contributed by atoms with E-state index < -0.39 is 0 Å². The molecule has 1 rings (SSSR count). The fourth-order valence-electron chi connectivity index (χ4n) is 1.22. The summed E-state index contributed by atoms with van der Waals surface area (Å²) in [5, 5.41) is 0.803. The van der Waals surface area contributed by atoms with Crippen LogP contribution in [0.15, 0.2) is 18.2 Å². The molecule has 2 nitrogen and oxygen atoms in total. The van der Waals surface area contributed by atoms with Gasteiger partial charge in [0.15, 0.2) is 0 Å². The fourth-order valence-corrected chi connectivity index (χ4v) is 1.47. The van der Waals surface area contributed by atoms with Crippen LogP contribution in [0.25, 0.3) is 0 Å². The van der Waals surface area contributed by atoms with E-state index in [0.29, 0.717) is 19.1 Å². The lowest BCUT2D eigenvalue weighted by Gasteiger charge is -2.12. The van der Waals surface area contributed by atoms with E-state index in [-0.39, 0.29) is 0 Å². The van der Waals surface area contributed by atoms with Gasteiger partial charge in [-0.15, -0.1) is 0 Å². The van der Waals surface area contributed by atoms with Gasteiger partial charge in [0.25, 0.3) is 0 Å². The zero-order valence-corrected chi connectivity index (χ0v) is 10.1. The highest BCUT2D eigenvalue weighted by Crippen LogP contribution is 2.22. The lowest BCUT2D eigenvalue weighted by atomic mass is 10.1. The highest BCUT2D eigenvalue weighted by atomic mass is 35.5. The molecule has 3 heteroatoms. The first kappa shape index (κ1) is 12.3. The number of hydrogen-bond donors (Lipinski definition) is 1. The molecule has 1 unspecified atom stereocenters. The van der Waals surface area contributed by atoms with E-state index in [1.807, 2.05) is 18.2 Å². The van der Waals surface area contributed by atoms with Gasteiger partial charge in [-0.2, -0.15) is 0 Å². The van der Waals surface area contributed by atoms with Gasteiger partial charge in [0.05, 0.1) is 6.61 Å². The Morgan fingerprint density at radius 2 is 2.20 bits per heavy atom. The van der Waals surface area contributed by atoms with Gasteiger partial charge in [-0.1, -0.05) is 25.4 Å². The number of ether oxygens (including phenoxy) is 1. The van der Waals surface area contributed by atoms with Crippen LogP contribution in [0.2, 0.25) is 5.02 Å². The van der Waals surface area contributed by atoms with Crippen molar-refractivity contribution in [3.05, 3.63) is 28.8 Å². The summed E-state index contributed by atoms with van der Waals surface area (Å²) in [5.74, 6) is 1.25. The molecule has 0 radical (unpaired) electrons. The third-order valence-corrected chi connectivity index (χ3v) is 2.70. The van der Waals surface area contributed by atoms with E-state index >= 15 is 0 Å². The van der Waals surface area contributed by atoms with Gasteiger partial charge in [0.2, 0.25) is 0 Å². The molecule has 1 aromatic carbocycles. The summed E-state index contributed by atoms with van der Waals surface area (Å²) >= 11 is 6.01. The highest BCUT2D eigenvalue weighted by molar-refractivity contribution is 6.31. The minimum Gasteiger partial charge on any atom is -0.493 e. The minimum absolute atomic E-state index is 0.380. The zero-order chi connectivity index (χ0) is 11.3. The summed E-state index contributed by atoms with van der Waals surface area (Å²) in [7, 11) is 0. The second kappa shape index (κ2) is 5.99. The van der Waals surface area contributed by atoms with Crippen LogP contribution in [0, 0.1) is 5.92 Å². The van der Waals surface area contributed by atoms with Crippen molar-refractivity contribution >= 4 is 11.6 Å². The maximum absolute atomic E-state index is 6.01. The summed E-state index contributed by atoms with van der Waals surface area (Å²) in [5.41, 5.74) is 6.64.